The molecular weight excluding hydrogens is 314 g/mol. The molecule has 3 aromatic rings. The van der Waals surface area contributed by atoms with Gasteiger partial charge in [-0.1, -0.05) is 12.1 Å². The van der Waals surface area contributed by atoms with Crippen LogP contribution in [0.1, 0.15) is 15.9 Å². The van der Waals surface area contributed by atoms with Crippen molar-refractivity contribution in [2.24, 2.45) is 7.05 Å². The lowest BCUT2D eigenvalue weighted by molar-refractivity contribution is 0.0697. The number of H-pyrrole nitrogens is 1. The summed E-state index contributed by atoms with van der Waals surface area (Å²) in [7, 11) is 1.51. The predicted molar refractivity (Wildman–Crippen MR) is 86.6 cm³/mol. The molecule has 2 heterocycles. The maximum Gasteiger partial charge on any atom is 0.335 e. The van der Waals surface area contributed by atoms with E-state index in [4.69, 9.17) is 5.11 Å². The molecule has 0 fully saturated rings. The number of hydrogen-bond donors (Lipinski definition) is 2. The van der Waals surface area contributed by atoms with Crippen LogP contribution in [0.15, 0.2) is 50.9 Å². The number of hydrogen-bond acceptors (Lipinski definition) is 4. The molecule has 2 N–H and O–H groups in total. The lowest BCUT2D eigenvalue weighted by Crippen LogP contribution is -2.39. The summed E-state index contributed by atoms with van der Waals surface area (Å²) >= 11 is 0. The smallest absolute Gasteiger partial charge is 0.335 e. The van der Waals surface area contributed by atoms with Crippen LogP contribution in [0.4, 0.5) is 0 Å². The molecule has 0 spiro atoms. The van der Waals surface area contributed by atoms with Crippen LogP contribution >= 0.6 is 0 Å². The second-order valence-corrected chi connectivity index (χ2v) is 5.33. The molecular formula is C16H13N3O5. The summed E-state index contributed by atoms with van der Waals surface area (Å²) in [5, 5.41) is 9.04. The Morgan fingerprint density at radius 2 is 1.83 bits per heavy atom. The van der Waals surface area contributed by atoms with Crippen LogP contribution in [-0.4, -0.2) is 25.2 Å². The Hall–Kier alpha value is -3.42. The normalized spacial score (nSPS) is 10.9. The van der Waals surface area contributed by atoms with Crippen molar-refractivity contribution in [3.05, 3.63) is 78.8 Å². The van der Waals surface area contributed by atoms with E-state index in [0.29, 0.717) is 11.1 Å². The Kier molecular flexibility index (Phi) is 3.64. The number of aromatic amines is 1. The van der Waals surface area contributed by atoms with Crippen molar-refractivity contribution in [1.29, 1.82) is 0 Å². The van der Waals surface area contributed by atoms with E-state index < -0.39 is 22.8 Å². The Bertz CT molecular complexity index is 1120. The number of nitrogens with zero attached hydrogens (tertiary/aromatic N) is 2. The third-order valence-electron chi connectivity index (χ3n) is 3.80. The van der Waals surface area contributed by atoms with Crippen molar-refractivity contribution in [2.45, 2.75) is 6.54 Å². The number of aryl methyl sites for hydroxylation is 1. The zero-order chi connectivity index (χ0) is 17.4. The quantitative estimate of drug-likeness (QED) is 0.710. The van der Waals surface area contributed by atoms with Gasteiger partial charge in [0.1, 0.15) is 0 Å². The molecule has 0 amide bonds. The van der Waals surface area contributed by atoms with Crippen molar-refractivity contribution in [2.75, 3.05) is 0 Å². The first-order chi connectivity index (χ1) is 11.4. The fraction of sp³-hybridized carbons (Fsp3) is 0.125. The molecule has 122 valence electrons. The number of fused-ring (bicyclic) bond motifs is 1. The maximum atomic E-state index is 12.5. The van der Waals surface area contributed by atoms with Gasteiger partial charge in [0, 0.05) is 19.3 Å². The van der Waals surface area contributed by atoms with Gasteiger partial charge in [0.05, 0.1) is 23.0 Å². The summed E-state index contributed by atoms with van der Waals surface area (Å²) in [6.45, 7) is -0.0197. The number of carboxylic acids is 1. The summed E-state index contributed by atoms with van der Waals surface area (Å²) in [4.78, 5) is 49.7. The van der Waals surface area contributed by atoms with Gasteiger partial charge in [-0.15, -0.1) is 0 Å². The maximum absolute atomic E-state index is 12.5. The highest BCUT2D eigenvalue weighted by molar-refractivity contribution is 5.87. The van der Waals surface area contributed by atoms with E-state index in [9.17, 15) is 19.2 Å². The zero-order valence-corrected chi connectivity index (χ0v) is 12.6. The van der Waals surface area contributed by atoms with Crippen molar-refractivity contribution < 1.29 is 9.90 Å². The van der Waals surface area contributed by atoms with Gasteiger partial charge in [-0.3, -0.25) is 18.7 Å². The average molecular weight is 327 g/mol. The van der Waals surface area contributed by atoms with Gasteiger partial charge in [-0.05, 0) is 17.7 Å². The largest absolute Gasteiger partial charge is 0.478 e. The van der Waals surface area contributed by atoms with E-state index >= 15 is 0 Å². The van der Waals surface area contributed by atoms with Crippen LogP contribution in [0.5, 0.6) is 0 Å². The zero-order valence-electron chi connectivity index (χ0n) is 12.6. The average Bonchev–Trinajstić information content (AvgIpc) is 2.57. The highest BCUT2D eigenvalue weighted by Crippen LogP contribution is 2.06. The van der Waals surface area contributed by atoms with Gasteiger partial charge in [0.15, 0.2) is 0 Å². The summed E-state index contributed by atoms with van der Waals surface area (Å²) in [5.41, 5.74) is -0.478. The van der Waals surface area contributed by atoms with Crippen LogP contribution in [0, 0.1) is 0 Å². The van der Waals surface area contributed by atoms with Crippen LogP contribution < -0.4 is 16.8 Å². The third-order valence-corrected chi connectivity index (χ3v) is 3.80. The van der Waals surface area contributed by atoms with E-state index in [-0.39, 0.29) is 17.5 Å². The lowest BCUT2D eigenvalue weighted by atomic mass is 10.1. The number of rotatable bonds is 3. The molecule has 0 aliphatic heterocycles. The summed E-state index contributed by atoms with van der Waals surface area (Å²) in [6.07, 6.45) is 1.33. The fourth-order valence-electron chi connectivity index (χ4n) is 2.50. The van der Waals surface area contributed by atoms with E-state index in [0.717, 1.165) is 10.6 Å². The molecule has 1 aromatic carbocycles. The molecule has 2 aromatic heterocycles. The van der Waals surface area contributed by atoms with E-state index in [1.807, 2.05) is 0 Å². The van der Waals surface area contributed by atoms with Crippen LogP contribution in [0.3, 0.4) is 0 Å². The third kappa shape index (κ3) is 2.54. The minimum Gasteiger partial charge on any atom is -0.478 e. The Balaban J connectivity index is 2.16. The Morgan fingerprint density at radius 3 is 2.46 bits per heavy atom. The topological polar surface area (TPSA) is 114 Å². The fourth-order valence-corrected chi connectivity index (χ4v) is 2.50. The number of aromatic carboxylic acids is 1. The number of carboxylic acid groups (broad SMARTS) is 1. The number of benzene rings is 1. The van der Waals surface area contributed by atoms with Crippen LogP contribution in [0.25, 0.3) is 10.9 Å². The van der Waals surface area contributed by atoms with Gasteiger partial charge in [-0.2, -0.15) is 0 Å². The Labute approximate surface area is 134 Å². The molecule has 0 bridgehead atoms. The van der Waals surface area contributed by atoms with E-state index in [1.54, 1.807) is 0 Å². The van der Waals surface area contributed by atoms with Gasteiger partial charge in [-0.25, -0.2) is 9.59 Å². The first-order valence-corrected chi connectivity index (χ1v) is 7.03. The highest BCUT2D eigenvalue weighted by atomic mass is 16.4. The number of nitrogens with one attached hydrogen (secondary N) is 1. The van der Waals surface area contributed by atoms with Crippen molar-refractivity contribution in [1.82, 2.24) is 14.1 Å². The molecule has 0 aliphatic carbocycles. The van der Waals surface area contributed by atoms with Crippen LogP contribution in [-0.2, 0) is 13.6 Å². The summed E-state index contributed by atoms with van der Waals surface area (Å²) in [5.74, 6) is -1.06. The number of pyridine rings is 1. The summed E-state index contributed by atoms with van der Waals surface area (Å²) < 4.78 is 2.29. The van der Waals surface area contributed by atoms with Crippen molar-refractivity contribution in [3.8, 4) is 0 Å². The van der Waals surface area contributed by atoms with Gasteiger partial charge < -0.3 is 10.1 Å². The highest BCUT2D eigenvalue weighted by Gasteiger charge is 2.12. The SMILES string of the molecule is Cn1c(=O)n(Cc2ccc(C(=O)O)cc2)c(=O)c2cc(=O)[nH]cc21. The molecule has 3 rings (SSSR count). The molecule has 0 radical (unpaired) electrons. The first kappa shape index (κ1) is 15.5. The number of aromatic nitrogens is 3. The van der Waals surface area contributed by atoms with Gasteiger partial charge >= 0.3 is 11.7 Å². The van der Waals surface area contributed by atoms with Gasteiger partial charge in [0.2, 0.25) is 5.56 Å². The molecule has 0 saturated heterocycles. The van der Waals surface area contributed by atoms with E-state index in [2.05, 4.69) is 4.98 Å². The van der Waals surface area contributed by atoms with Crippen LogP contribution in [0.2, 0.25) is 0 Å². The van der Waals surface area contributed by atoms with E-state index in [1.165, 1.54) is 42.1 Å². The van der Waals surface area contributed by atoms with Gasteiger partial charge in [0.25, 0.3) is 5.56 Å². The lowest BCUT2D eigenvalue weighted by Gasteiger charge is -2.10. The second-order valence-electron chi connectivity index (χ2n) is 5.33. The monoisotopic (exact) mass is 327 g/mol. The molecule has 8 nitrogen and oxygen atoms in total. The first-order valence-electron chi connectivity index (χ1n) is 7.03. The standard InChI is InChI=1S/C16H13N3O5/c1-18-12-7-17-13(20)6-11(12)14(21)19(16(18)24)8-9-2-4-10(5-3-9)15(22)23/h2-7H,8H2,1H3,(H,17,20)(H,22,23). The van der Waals surface area contributed by atoms with Crippen molar-refractivity contribution in [3.63, 3.8) is 0 Å². The van der Waals surface area contributed by atoms with Crippen molar-refractivity contribution >= 4 is 16.9 Å². The Morgan fingerprint density at radius 1 is 1.17 bits per heavy atom. The molecule has 0 saturated carbocycles. The minimum absolute atomic E-state index is 0.0197. The summed E-state index contributed by atoms with van der Waals surface area (Å²) in [6, 6.07) is 7.04. The molecule has 24 heavy (non-hydrogen) atoms. The second kappa shape index (κ2) is 5.65. The number of carbonyl (C=O) groups is 1. The molecule has 0 aliphatic rings. The minimum atomic E-state index is -1.06. The molecule has 8 heteroatoms. The molecule has 0 atom stereocenters. The molecule has 0 unspecified atom stereocenters. The predicted octanol–water partition coefficient (Wildman–Crippen LogP) is 0.135.